The second-order valence-electron chi connectivity index (χ2n) is 7.74. The maximum atomic E-state index is 12.8. The fourth-order valence-electron chi connectivity index (χ4n) is 3.73. The number of allylic oxidation sites excluding steroid dienone is 2. The molecule has 31 heavy (non-hydrogen) atoms. The number of ether oxygens (including phenoxy) is 3. The molecule has 1 heterocycles. The molecule has 0 amide bonds. The predicted molar refractivity (Wildman–Crippen MR) is 106 cm³/mol. The highest BCUT2D eigenvalue weighted by atomic mass is 16.6. The second-order valence-corrected chi connectivity index (χ2v) is 7.74. The van der Waals surface area contributed by atoms with Gasteiger partial charge in [-0.15, -0.1) is 0 Å². The number of ketones is 1. The van der Waals surface area contributed by atoms with Gasteiger partial charge in [-0.2, -0.15) is 0 Å². The first kappa shape index (κ1) is 22.4. The summed E-state index contributed by atoms with van der Waals surface area (Å²) in [6.45, 7) is 2.77. The molecule has 1 aliphatic heterocycles. The van der Waals surface area contributed by atoms with Gasteiger partial charge in [-0.25, -0.2) is 4.79 Å². The van der Waals surface area contributed by atoms with Gasteiger partial charge in [0.2, 0.25) is 0 Å². The van der Waals surface area contributed by atoms with E-state index < -0.39 is 41.1 Å². The lowest BCUT2D eigenvalue weighted by Crippen LogP contribution is -2.56. The average molecular weight is 432 g/mol. The van der Waals surface area contributed by atoms with E-state index in [0.29, 0.717) is 11.3 Å². The zero-order valence-electron chi connectivity index (χ0n) is 17.4. The van der Waals surface area contributed by atoms with Crippen molar-refractivity contribution in [3.05, 3.63) is 46.7 Å². The van der Waals surface area contributed by atoms with Crippen LogP contribution >= 0.6 is 0 Å². The molecule has 0 spiro atoms. The minimum atomic E-state index is -2.01. The number of carbonyl (C=O) groups is 3. The van der Waals surface area contributed by atoms with Gasteiger partial charge in [0.1, 0.15) is 23.2 Å². The van der Waals surface area contributed by atoms with E-state index in [2.05, 4.69) is 4.74 Å². The number of aliphatic hydroxyl groups is 1. The Labute approximate surface area is 178 Å². The summed E-state index contributed by atoms with van der Waals surface area (Å²) in [5, 5.41) is 30.4. The molecule has 0 saturated carbocycles. The van der Waals surface area contributed by atoms with E-state index in [1.807, 2.05) is 0 Å². The number of aromatic hydroxyl groups is 2. The van der Waals surface area contributed by atoms with Gasteiger partial charge in [0.15, 0.2) is 11.4 Å². The number of methoxy groups -OCH3 is 1. The van der Waals surface area contributed by atoms with Crippen LogP contribution in [0.2, 0.25) is 0 Å². The molecule has 0 saturated heterocycles. The molecule has 3 N–H and O–H groups in total. The van der Waals surface area contributed by atoms with E-state index >= 15 is 0 Å². The van der Waals surface area contributed by atoms with Gasteiger partial charge in [-0.05, 0) is 43.2 Å². The number of carbonyl (C=O) groups excluding carboxylic acids is 3. The minimum absolute atomic E-state index is 0.0146. The quantitative estimate of drug-likeness (QED) is 0.593. The van der Waals surface area contributed by atoms with E-state index in [1.54, 1.807) is 6.08 Å². The summed E-state index contributed by atoms with van der Waals surface area (Å²) < 4.78 is 15.8. The lowest BCUT2D eigenvalue weighted by molar-refractivity contribution is -0.151. The van der Waals surface area contributed by atoms with Crippen LogP contribution in [-0.2, 0) is 23.8 Å². The number of benzene rings is 1. The van der Waals surface area contributed by atoms with Crippen LogP contribution in [0.15, 0.2) is 35.6 Å². The van der Waals surface area contributed by atoms with Crippen LogP contribution in [0.3, 0.4) is 0 Å². The molecule has 2 aliphatic rings. The zero-order chi connectivity index (χ0) is 22.9. The normalized spacial score (nSPS) is 25.0. The van der Waals surface area contributed by atoms with Crippen molar-refractivity contribution >= 4 is 17.7 Å². The largest absolute Gasteiger partial charge is 0.508 e. The van der Waals surface area contributed by atoms with Crippen molar-refractivity contribution in [1.82, 2.24) is 0 Å². The van der Waals surface area contributed by atoms with Crippen LogP contribution in [-0.4, -0.2) is 58.5 Å². The van der Waals surface area contributed by atoms with Crippen molar-refractivity contribution < 1.29 is 43.9 Å². The topological polar surface area (TPSA) is 140 Å². The summed E-state index contributed by atoms with van der Waals surface area (Å²) in [6.07, 6.45) is 1.96. The van der Waals surface area contributed by atoms with E-state index in [1.165, 1.54) is 33.1 Å². The van der Waals surface area contributed by atoms with E-state index in [9.17, 15) is 29.7 Å². The van der Waals surface area contributed by atoms with Crippen LogP contribution < -0.4 is 0 Å². The number of hydrogen-bond donors (Lipinski definition) is 3. The van der Waals surface area contributed by atoms with Crippen molar-refractivity contribution in [1.29, 1.82) is 0 Å². The molecule has 1 aromatic rings. The summed E-state index contributed by atoms with van der Waals surface area (Å²) >= 11 is 0. The summed E-state index contributed by atoms with van der Waals surface area (Å²) in [5.41, 5.74) is -1.41. The van der Waals surface area contributed by atoms with E-state index in [-0.39, 0.29) is 36.3 Å². The Kier molecular flexibility index (Phi) is 6.08. The maximum absolute atomic E-state index is 12.8. The Morgan fingerprint density at radius 2 is 1.97 bits per heavy atom. The Morgan fingerprint density at radius 3 is 2.61 bits per heavy atom. The second kappa shape index (κ2) is 8.43. The maximum Gasteiger partial charge on any atom is 0.342 e. The number of esters is 2. The molecule has 3 atom stereocenters. The van der Waals surface area contributed by atoms with E-state index in [4.69, 9.17) is 9.47 Å². The molecule has 9 heteroatoms. The van der Waals surface area contributed by atoms with Crippen molar-refractivity contribution in [3.8, 4) is 11.5 Å². The lowest BCUT2D eigenvalue weighted by Gasteiger charge is -2.41. The fourth-order valence-corrected chi connectivity index (χ4v) is 3.73. The predicted octanol–water partition coefficient (Wildman–Crippen LogP) is 1.68. The van der Waals surface area contributed by atoms with Gasteiger partial charge >= 0.3 is 11.9 Å². The number of hydrogen-bond acceptors (Lipinski definition) is 9. The fraction of sp³-hybridized carbons (Fsp3) is 0.409. The molecule has 0 aromatic heterocycles. The first-order valence-corrected chi connectivity index (χ1v) is 9.66. The highest BCUT2D eigenvalue weighted by molar-refractivity contribution is 6.00. The standard InChI is InChI=1S/C22H24O9/c1-11-6-13(23)9-16(24)19(11)21(27)31-20-15-10-30-14(4-5-18(26)29-3)7-12(15)8-17(25)22(20,2)28/h6-9,15,20,23-24,28H,4-5,10H2,1-3H3. The van der Waals surface area contributed by atoms with Crippen molar-refractivity contribution in [2.75, 3.05) is 13.7 Å². The smallest absolute Gasteiger partial charge is 0.342 e. The third kappa shape index (κ3) is 4.41. The molecule has 0 fully saturated rings. The van der Waals surface area contributed by atoms with Gasteiger partial charge < -0.3 is 29.5 Å². The minimum Gasteiger partial charge on any atom is -0.508 e. The Balaban J connectivity index is 1.87. The van der Waals surface area contributed by atoms with Crippen LogP contribution in [0.5, 0.6) is 11.5 Å². The summed E-state index contributed by atoms with van der Waals surface area (Å²) in [5.74, 6) is -2.87. The van der Waals surface area contributed by atoms with E-state index in [0.717, 1.165) is 6.07 Å². The number of aryl methyl sites for hydroxylation is 1. The third-order valence-corrected chi connectivity index (χ3v) is 5.46. The number of fused-ring (bicyclic) bond motifs is 1. The highest BCUT2D eigenvalue weighted by Gasteiger charge is 2.51. The SMILES string of the molecule is COC(=O)CCC1=CC2=CC(=O)C(C)(O)C(OC(=O)c3c(C)cc(O)cc3O)C2CO1. The molecule has 1 aliphatic carbocycles. The van der Waals surface area contributed by atoms with Gasteiger partial charge in [0, 0.05) is 12.5 Å². The lowest BCUT2D eigenvalue weighted by atomic mass is 9.74. The molecule has 0 bridgehead atoms. The van der Waals surface area contributed by atoms with Crippen molar-refractivity contribution in [2.45, 2.75) is 38.4 Å². The molecule has 0 radical (unpaired) electrons. The van der Waals surface area contributed by atoms with Crippen LogP contribution in [0.4, 0.5) is 0 Å². The van der Waals surface area contributed by atoms with Crippen LogP contribution in [0.25, 0.3) is 0 Å². The third-order valence-electron chi connectivity index (χ3n) is 5.46. The monoisotopic (exact) mass is 432 g/mol. The Bertz CT molecular complexity index is 964. The van der Waals surface area contributed by atoms with Crippen LogP contribution in [0, 0.1) is 12.8 Å². The Hall–Kier alpha value is -3.33. The molecular formula is C22H24O9. The Morgan fingerprint density at radius 1 is 1.26 bits per heavy atom. The summed E-state index contributed by atoms with van der Waals surface area (Å²) in [7, 11) is 1.28. The molecular weight excluding hydrogens is 408 g/mol. The van der Waals surface area contributed by atoms with Gasteiger partial charge in [0.25, 0.3) is 0 Å². The van der Waals surface area contributed by atoms with Crippen molar-refractivity contribution in [2.24, 2.45) is 5.92 Å². The average Bonchev–Trinajstić information content (AvgIpc) is 2.68. The first-order chi connectivity index (χ1) is 14.5. The number of rotatable bonds is 5. The summed E-state index contributed by atoms with van der Waals surface area (Å²) in [6, 6.07) is 2.28. The van der Waals surface area contributed by atoms with Gasteiger partial charge in [-0.3, -0.25) is 9.59 Å². The molecule has 166 valence electrons. The molecule has 3 rings (SSSR count). The highest BCUT2D eigenvalue weighted by Crippen LogP contribution is 2.39. The molecule has 1 aromatic carbocycles. The summed E-state index contributed by atoms with van der Waals surface area (Å²) in [4.78, 5) is 36.7. The van der Waals surface area contributed by atoms with Crippen LogP contribution in [0.1, 0.15) is 35.7 Å². The van der Waals surface area contributed by atoms with Crippen molar-refractivity contribution in [3.63, 3.8) is 0 Å². The molecule has 9 nitrogen and oxygen atoms in total. The zero-order valence-corrected chi connectivity index (χ0v) is 17.4. The van der Waals surface area contributed by atoms with Gasteiger partial charge in [-0.1, -0.05) is 0 Å². The number of phenols is 2. The molecule has 3 unspecified atom stereocenters. The first-order valence-electron chi connectivity index (χ1n) is 9.66. The van der Waals surface area contributed by atoms with Gasteiger partial charge in [0.05, 0.1) is 31.8 Å². The number of phenolic OH excluding ortho intramolecular Hbond substituents is 2.